The van der Waals surface area contributed by atoms with Gasteiger partial charge in [-0.15, -0.1) is 0 Å². The Morgan fingerprint density at radius 3 is 2.34 bits per heavy atom. The first-order valence-corrected chi connectivity index (χ1v) is 11.5. The number of imide groups is 1. The lowest BCUT2D eigenvalue weighted by atomic mass is 9.99. The van der Waals surface area contributed by atoms with Crippen molar-refractivity contribution in [3.8, 4) is 0 Å². The Morgan fingerprint density at radius 1 is 1.03 bits per heavy atom. The fraction of sp³-hybridized carbons (Fsp3) is 0.423. The number of likely N-dealkylation sites (tertiary alicyclic amines) is 1. The molecule has 1 fully saturated rings. The summed E-state index contributed by atoms with van der Waals surface area (Å²) in [6.07, 6.45) is 3.18. The number of hydrogen-bond donors (Lipinski definition) is 1. The maximum Gasteiger partial charge on any atom is 0.261 e. The van der Waals surface area contributed by atoms with Gasteiger partial charge in [-0.25, -0.2) is 0 Å². The number of rotatable bonds is 6. The molecule has 1 atom stereocenters. The molecule has 6 heteroatoms. The largest absolute Gasteiger partial charge is 0.322 e. The lowest BCUT2D eigenvalue weighted by molar-refractivity contribution is 0.0593. The number of amides is 3. The summed E-state index contributed by atoms with van der Waals surface area (Å²) in [5.41, 5.74) is 2.96. The molecule has 32 heavy (non-hydrogen) atoms. The van der Waals surface area contributed by atoms with Crippen LogP contribution in [0.2, 0.25) is 0 Å². The van der Waals surface area contributed by atoms with E-state index in [2.05, 4.69) is 17.1 Å². The Balaban J connectivity index is 1.41. The number of carbonyl (C=O) groups excluding carboxylic acids is 3. The van der Waals surface area contributed by atoms with Crippen LogP contribution in [0.3, 0.4) is 0 Å². The molecule has 4 rings (SSSR count). The highest BCUT2D eigenvalue weighted by Crippen LogP contribution is 2.27. The van der Waals surface area contributed by atoms with Gasteiger partial charge in [0.2, 0.25) is 0 Å². The molecule has 1 saturated heterocycles. The van der Waals surface area contributed by atoms with Crippen molar-refractivity contribution in [3.63, 3.8) is 0 Å². The fourth-order valence-corrected chi connectivity index (χ4v) is 4.36. The van der Waals surface area contributed by atoms with Crippen molar-refractivity contribution in [2.75, 3.05) is 18.4 Å². The van der Waals surface area contributed by atoms with Crippen LogP contribution in [0.25, 0.3) is 0 Å². The molecule has 0 saturated carbocycles. The van der Waals surface area contributed by atoms with Crippen LogP contribution >= 0.6 is 0 Å². The average molecular weight is 434 g/mol. The highest BCUT2D eigenvalue weighted by atomic mass is 16.2. The molecule has 0 radical (unpaired) electrons. The highest BCUT2D eigenvalue weighted by Gasteiger charge is 2.38. The van der Waals surface area contributed by atoms with E-state index in [1.807, 2.05) is 38.1 Å². The van der Waals surface area contributed by atoms with Crippen LogP contribution in [-0.4, -0.2) is 46.7 Å². The van der Waals surface area contributed by atoms with Crippen molar-refractivity contribution in [2.45, 2.75) is 52.6 Å². The third-order valence-corrected chi connectivity index (χ3v) is 6.71. The van der Waals surface area contributed by atoms with E-state index in [0.717, 1.165) is 25.6 Å². The number of benzene rings is 2. The van der Waals surface area contributed by atoms with Gasteiger partial charge in [-0.3, -0.25) is 24.2 Å². The molecule has 168 valence electrons. The zero-order valence-electron chi connectivity index (χ0n) is 19.1. The number of carbonyl (C=O) groups is 3. The summed E-state index contributed by atoms with van der Waals surface area (Å²) in [5.74, 6) is -0.0992. The molecule has 0 bridgehead atoms. The standard InChI is InChI=1S/C26H31N3O3/c1-4-18(3)29-25(31)22-10-7-20(15-23(22)26(29)32)24(30)27-21-8-5-19(6-9-21)16-28-13-11-17(2)12-14-28/h5-10,15,17-18H,4,11-14,16H2,1-3H3,(H,27,30). The molecular weight excluding hydrogens is 402 g/mol. The van der Waals surface area contributed by atoms with Crippen molar-refractivity contribution >= 4 is 23.4 Å². The zero-order chi connectivity index (χ0) is 22.8. The van der Waals surface area contributed by atoms with Gasteiger partial charge in [0.15, 0.2) is 0 Å². The zero-order valence-corrected chi connectivity index (χ0v) is 19.1. The Hall–Kier alpha value is -2.99. The minimum absolute atomic E-state index is 0.175. The third kappa shape index (κ3) is 4.46. The van der Waals surface area contributed by atoms with E-state index in [-0.39, 0.29) is 23.8 Å². The minimum atomic E-state index is -0.328. The monoisotopic (exact) mass is 433 g/mol. The van der Waals surface area contributed by atoms with E-state index >= 15 is 0 Å². The van der Waals surface area contributed by atoms with E-state index in [1.165, 1.54) is 29.4 Å². The van der Waals surface area contributed by atoms with Crippen molar-refractivity contribution in [1.82, 2.24) is 9.80 Å². The molecule has 6 nitrogen and oxygen atoms in total. The van der Waals surface area contributed by atoms with E-state index in [4.69, 9.17) is 0 Å². The summed E-state index contributed by atoms with van der Waals surface area (Å²) in [5, 5.41) is 2.89. The predicted molar refractivity (Wildman–Crippen MR) is 125 cm³/mol. The highest BCUT2D eigenvalue weighted by molar-refractivity contribution is 6.22. The summed E-state index contributed by atoms with van der Waals surface area (Å²) in [4.78, 5) is 41.8. The summed E-state index contributed by atoms with van der Waals surface area (Å²) in [6.45, 7) is 9.29. The fourth-order valence-electron chi connectivity index (χ4n) is 4.36. The Labute approximate surface area is 189 Å². The second-order valence-electron chi connectivity index (χ2n) is 9.11. The van der Waals surface area contributed by atoms with Crippen LogP contribution in [0.4, 0.5) is 5.69 Å². The quantitative estimate of drug-likeness (QED) is 0.678. The van der Waals surface area contributed by atoms with E-state index in [9.17, 15) is 14.4 Å². The molecule has 2 aromatic carbocycles. The number of fused-ring (bicyclic) bond motifs is 1. The van der Waals surface area contributed by atoms with Gasteiger partial charge < -0.3 is 5.32 Å². The molecule has 0 aliphatic carbocycles. The molecule has 0 aromatic heterocycles. The Bertz CT molecular complexity index is 1020. The predicted octanol–water partition coefficient (Wildman–Crippen LogP) is 4.57. The second-order valence-corrected chi connectivity index (χ2v) is 9.11. The van der Waals surface area contributed by atoms with Gasteiger partial charge in [0.25, 0.3) is 17.7 Å². The maximum absolute atomic E-state index is 12.8. The maximum atomic E-state index is 12.8. The van der Waals surface area contributed by atoms with Crippen molar-refractivity contribution < 1.29 is 14.4 Å². The number of hydrogen-bond acceptors (Lipinski definition) is 4. The molecule has 3 amide bonds. The van der Waals surface area contributed by atoms with Crippen LogP contribution in [0.5, 0.6) is 0 Å². The van der Waals surface area contributed by atoms with Crippen LogP contribution in [0, 0.1) is 5.92 Å². The van der Waals surface area contributed by atoms with Gasteiger partial charge in [0.05, 0.1) is 11.1 Å². The third-order valence-electron chi connectivity index (χ3n) is 6.71. The van der Waals surface area contributed by atoms with E-state index < -0.39 is 0 Å². The SMILES string of the molecule is CCC(C)N1C(=O)c2ccc(C(=O)Nc3ccc(CN4CCC(C)CC4)cc3)cc2C1=O. The summed E-state index contributed by atoms with van der Waals surface area (Å²) in [6, 6.07) is 12.4. The normalized spacial score (nSPS) is 18.0. The van der Waals surface area contributed by atoms with Crippen LogP contribution < -0.4 is 5.32 Å². The van der Waals surface area contributed by atoms with Gasteiger partial charge >= 0.3 is 0 Å². The van der Waals surface area contributed by atoms with Gasteiger partial charge in [-0.05, 0) is 81.1 Å². The second kappa shape index (κ2) is 9.25. The summed E-state index contributed by atoms with van der Waals surface area (Å²) in [7, 11) is 0. The molecule has 2 aliphatic heterocycles. The number of piperidine rings is 1. The van der Waals surface area contributed by atoms with Crippen LogP contribution in [-0.2, 0) is 6.54 Å². The molecular formula is C26H31N3O3. The molecule has 2 aromatic rings. The Kier molecular flexibility index (Phi) is 6.42. The summed E-state index contributed by atoms with van der Waals surface area (Å²) < 4.78 is 0. The molecule has 2 aliphatic rings. The number of nitrogens with zero attached hydrogens (tertiary/aromatic N) is 2. The first-order valence-electron chi connectivity index (χ1n) is 11.5. The van der Waals surface area contributed by atoms with E-state index in [0.29, 0.717) is 28.8 Å². The van der Waals surface area contributed by atoms with Crippen LogP contribution in [0.1, 0.15) is 76.7 Å². The van der Waals surface area contributed by atoms with Crippen molar-refractivity contribution in [2.24, 2.45) is 5.92 Å². The lowest BCUT2D eigenvalue weighted by Gasteiger charge is -2.30. The summed E-state index contributed by atoms with van der Waals surface area (Å²) >= 11 is 0. The van der Waals surface area contributed by atoms with Crippen molar-refractivity contribution in [1.29, 1.82) is 0 Å². The smallest absolute Gasteiger partial charge is 0.261 e. The van der Waals surface area contributed by atoms with Crippen molar-refractivity contribution in [3.05, 3.63) is 64.7 Å². The van der Waals surface area contributed by atoms with Gasteiger partial charge in [-0.2, -0.15) is 0 Å². The molecule has 0 spiro atoms. The van der Waals surface area contributed by atoms with E-state index in [1.54, 1.807) is 12.1 Å². The first kappa shape index (κ1) is 22.2. The molecule has 2 heterocycles. The van der Waals surface area contributed by atoms with Gasteiger partial charge in [0, 0.05) is 23.8 Å². The minimum Gasteiger partial charge on any atom is -0.322 e. The molecule has 1 unspecified atom stereocenters. The van der Waals surface area contributed by atoms with Crippen LogP contribution in [0.15, 0.2) is 42.5 Å². The molecule has 1 N–H and O–H groups in total. The lowest BCUT2D eigenvalue weighted by Crippen LogP contribution is -2.37. The average Bonchev–Trinajstić information content (AvgIpc) is 3.05. The van der Waals surface area contributed by atoms with Gasteiger partial charge in [0.1, 0.15) is 0 Å². The number of nitrogens with one attached hydrogen (secondary N) is 1. The van der Waals surface area contributed by atoms with Gasteiger partial charge in [-0.1, -0.05) is 26.0 Å². The Morgan fingerprint density at radius 2 is 1.69 bits per heavy atom. The first-order chi connectivity index (χ1) is 15.4. The number of anilines is 1. The topological polar surface area (TPSA) is 69.7 Å².